The number of nitrogens with one attached hydrogen (secondary N) is 1. The second-order valence-electron chi connectivity index (χ2n) is 4.04. The number of hydrogen-bond donors (Lipinski definition) is 2. The van der Waals surface area contributed by atoms with Crippen molar-refractivity contribution in [2.45, 2.75) is 12.7 Å². The predicted octanol–water partition coefficient (Wildman–Crippen LogP) is 2.28. The third-order valence-electron chi connectivity index (χ3n) is 2.43. The van der Waals surface area contributed by atoms with Crippen LogP contribution in [0.3, 0.4) is 0 Å². The minimum absolute atomic E-state index is 0.00282. The minimum atomic E-state index is -4.49. The van der Waals surface area contributed by atoms with Gasteiger partial charge >= 0.3 is 6.18 Å². The summed E-state index contributed by atoms with van der Waals surface area (Å²) in [6.45, 7) is -0.215. The summed E-state index contributed by atoms with van der Waals surface area (Å²) in [6.07, 6.45) is -3.24. The van der Waals surface area contributed by atoms with Crippen molar-refractivity contribution in [1.29, 1.82) is 0 Å². The first-order chi connectivity index (χ1) is 9.75. The summed E-state index contributed by atoms with van der Waals surface area (Å²) in [6, 6.07) is 2.97. The van der Waals surface area contributed by atoms with Gasteiger partial charge in [-0.1, -0.05) is 0 Å². The van der Waals surface area contributed by atoms with Crippen molar-refractivity contribution in [1.82, 2.24) is 14.8 Å². The molecule has 3 N–H and O–H groups in total. The van der Waals surface area contributed by atoms with E-state index in [4.69, 9.17) is 5.73 Å². The molecule has 0 radical (unpaired) electrons. The first-order valence-corrected chi connectivity index (χ1v) is 6.36. The Balaban J connectivity index is 2.13. The van der Waals surface area contributed by atoms with Gasteiger partial charge in [-0.15, -0.1) is 5.10 Å². The fraction of sp³-hybridized carbons (Fsp3) is 0.182. The van der Waals surface area contributed by atoms with E-state index in [2.05, 4.69) is 31.3 Å². The topological polar surface area (TPSA) is 85.8 Å². The lowest BCUT2D eigenvalue weighted by Crippen LogP contribution is -2.20. The normalized spacial score (nSPS) is 11.4. The average Bonchev–Trinajstić information content (AvgIpc) is 2.76. The number of aromatic nitrogens is 3. The van der Waals surface area contributed by atoms with E-state index >= 15 is 0 Å². The fourth-order valence-corrected chi connectivity index (χ4v) is 1.87. The van der Waals surface area contributed by atoms with E-state index in [1.54, 1.807) is 0 Å². The SMILES string of the molecule is Nc1ncn(CC(=O)Nc2cc(C(F)(F)F)ccc2Br)n1. The molecular formula is C11H9BrF3N5O. The van der Waals surface area contributed by atoms with Crippen molar-refractivity contribution in [3.8, 4) is 0 Å². The molecule has 2 aromatic rings. The van der Waals surface area contributed by atoms with Crippen LogP contribution in [0.15, 0.2) is 29.0 Å². The number of amides is 1. The van der Waals surface area contributed by atoms with Gasteiger partial charge < -0.3 is 11.1 Å². The summed E-state index contributed by atoms with van der Waals surface area (Å²) < 4.78 is 39.4. The Kier molecular flexibility index (Phi) is 4.16. The van der Waals surface area contributed by atoms with Crippen molar-refractivity contribution in [3.05, 3.63) is 34.6 Å². The Bertz CT molecular complexity index is 670. The van der Waals surface area contributed by atoms with Crippen LogP contribution >= 0.6 is 15.9 Å². The minimum Gasteiger partial charge on any atom is -0.367 e. The van der Waals surface area contributed by atoms with E-state index in [0.717, 1.165) is 12.1 Å². The summed E-state index contributed by atoms with van der Waals surface area (Å²) in [5.41, 5.74) is 4.45. The average molecular weight is 364 g/mol. The Morgan fingerprint density at radius 1 is 1.43 bits per heavy atom. The molecule has 0 fully saturated rings. The van der Waals surface area contributed by atoms with E-state index in [1.807, 2.05) is 0 Å². The molecular weight excluding hydrogens is 355 g/mol. The molecule has 0 saturated heterocycles. The summed E-state index contributed by atoms with van der Waals surface area (Å²) in [5.74, 6) is -0.553. The van der Waals surface area contributed by atoms with Crippen LogP contribution in [0, 0.1) is 0 Å². The van der Waals surface area contributed by atoms with Crippen LogP contribution in [-0.4, -0.2) is 20.7 Å². The maximum absolute atomic E-state index is 12.6. The molecule has 1 heterocycles. The molecule has 2 rings (SSSR count). The van der Waals surface area contributed by atoms with Crippen LogP contribution in [0.4, 0.5) is 24.8 Å². The number of carbonyl (C=O) groups excluding carboxylic acids is 1. The largest absolute Gasteiger partial charge is 0.416 e. The van der Waals surface area contributed by atoms with Gasteiger partial charge in [0.1, 0.15) is 12.9 Å². The van der Waals surface area contributed by atoms with Gasteiger partial charge in [0.25, 0.3) is 0 Å². The number of anilines is 2. The molecule has 6 nitrogen and oxygen atoms in total. The lowest BCUT2D eigenvalue weighted by atomic mass is 10.2. The molecule has 1 amide bonds. The van der Waals surface area contributed by atoms with E-state index < -0.39 is 17.6 Å². The highest BCUT2D eigenvalue weighted by Gasteiger charge is 2.31. The molecule has 0 bridgehead atoms. The molecule has 0 saturated carbocycles. The first kappa shape index (κ1) is 15.3. The zero-order chi connectivity index (χ0) is 15.6. The maximum atomic E-state index is 12.6. The molecule has 0 aliphatic carbocycles. The zero-order valence-corrected chi connectivity index (χ0v) is 11.9. The van der Waals surface area contributed by atoms with Gasteiger partial charge in [-0.05, 0) is 34.1 Å². The quantitative estimate of drug-likeness (QED) is 0.875. The molecule has 0 spiro atoms. The summed E-state index contributed by atoms with van der Waals surface area (Å²) >= 11 is 3.08. The van der Waals surface area contributed by atoms with Crippen LogP contribution in [0.25, 0.3) is 0 Å². The summed E-state index contributed by atoms with van der Waals surface area (Å²) in [4.78, 5) is 15.4. The van der Waals surface area contributed by atoms with Crippen LogP contribution in [0.1, 0.15) is 5.56 Å². The van der Waals surface area contributed by atoms with Crippen molar-refractivity contribution in [3.63, 3.8) is 0 Å². The second-order valence-corrected chi connectivity index (χ2v) is 4.90. The van der Waals surface area contributed by atoms with Crippen LogP contribution < -0.4 is 11.1 Å². The Morgan fingerprint density at radius 2 is 2.14 bits per heavy atom. The second kappa shape index (κ2) is 5.72. The highest BCUT2D eigenvalue weighted by Crippen LogP contribution is 2.33. The number of nitrogen functional groups attached to an aromatic ring is 1. The third kappa shape index (κ3) is 3.94. The molecule has 1 aromatic heterocycles. The van der Waals surface area contributed by atoms with Gasteiger partial charge in [0.2, 0.25) is 11.9 Å². The standard InChI is InChI=1S/C11H9BrF3N5O/c12-7-2-1-6(11(13,14)15)3-8(7)18-9(21)4-20-5-17-10(16)19-20/h1-3,5H,4H2,(H2,16,19)(H,18,21). The number of alkyl halides is 3. The molecule has 0 aliphatic heterocycles. The summed E-state index contributed by atoms with van der Waals surface area (Å²) in [5, 5.41) is 6.07. The molecule has 0 unspecified atom stereocenters. The number of carbonyl (C=O) groups is 1. The Labute approximate surface area is 125 Å². The lowest BCUT2D eigenvalue weighted by molar-refractivity contribution is -0.137. The van der Waals surface area contributed by atoms with Gasteiger partial charge in [-0.2, -0.15) is 13.2 Å². The monoisotopic (exact) mass is 363 g/mol. The number of halogens is 4. The molecule has 0 atom stereocenters. The van der Waals surface area contributed by atoms with Gasteiger partial charge in [0.15, 0.2) is 0 Å². The van der Waals surface area contributed by atoms with Gasteiger partial charge in [0, 0.05) is 4.47 Å². The van der Waals surface area contributed by atoms with E-state index in [1.165, 1.54) is 17.1 Å². The summed E-state index contributed by atoms with van der Waals surface area (Å²) in [7, 11) is 0. The highest BCUT2D eigenvalue weighted by atomic mass is 79.9. The Hall–Kier alpha value is -2.10. The van der Waals surface area contributed by atoms with Gasteiger partial charge in [-0.25, -0.2) is 9.67 Å². The van der Waals surface area contributed by atoms with E-state index in [-0.39, 0.29) is 18.2 Å². The van der Waals surface area contributed by atoms with Crippen molar-refractivity contribution >= 4 is 33.5 Å². The van der Waals surface area contributed by atoms with Crippen LogP contribution in [0.2, 0.25) is 0 Å². The lowest BCUT2D eigenvalue weighted by Gasteiger charge is -2.11. The molecule has 1 aromatic carbocycles. The third-order valence-corrected chi connectivity index (χ3v) is 3.12. The van der Waals surface area contributed by atoms with E-state index in [0.29, 0.717) is 4.47 Å². The predicted molar refractivity (Wildman–Crippen MR) is 72.2 cm³/mol. The van der Waals surface area contributed by atoms with Crippen molar-refractivity contribution in [2.24, 2.45) is 0 Å². The maximum Gasteiger partial charge on any atom is 0.416 e. The molecule has 10 heteroatoms. The van der Waals surface area contributed by atoms with Crippen molar-refractivity contribution < 1.29 is 18.0 Å². The van der Waals surface area contributed by atoms with Crippen LogP contribution in [-0.2, 0) is 17.5 Å². The van der Waals surface area contributed by atoms with Crippen LogP contribution in [0.5, 0.6) is 0 Å². The number of hydrogen-bond acceptors (Lipinski definition) is 4. The Morgan fingerprint density at radius 3 is 2.71 bits per heavy atom. The van der Waals surface area contributed by atoms with E-state index in [9.17, 15) is 18.0 Å². The smallest absolute Gasteiger partial charge is 0.367 e. The number of nitrogens with two attached hydrogens (primary N) is 1. The van der Waals surface area contributed by atoms with Crippen molar-refractivity contribution in [2.75, 3.05) is 11.1 Å². The molecule has 21 heavy (non-hydrogen) atoms. The molecule has 112 valence electrons. The van der Waals surface area contributed by atoms with Gasteiger partial charge in [0.05, 0.1) is 11.3 Å². The zero-order valence-electron chi connectivity index (χ0n) is 10.4. The number of benzene rings is 1. The number of rotatable bonds is 3. The molecule has 0 aliphatic rings. The first-order valence-electron chi connectivity index (χ1n) is 5.57. The fourth-order valence-electron chi connectivity index (χ4n) is 1.52. The number of nitrogens with zero attached hydrogens (tertiary/aromatic N) is 3. The van der Waals surface area contributed by atoms with Gasteiger partial charge in [-0.3, -0.25) is 4.79 Å². The highest BCUT2D eigenvalue weighted by molar-refractivity contribution is 9.10.